The predicted molar refractivity (Wildman–Crippen MR) is 131 cm³/mol. The van der Waals surface area contributed by atoms with E-state index in [9.17, 15) is 0 Å². The number of nitrogens with zero attached hydrogens (tertiary/aromatic N) is 2. The number of H-pyrrole nitrogens is 1. The van der Waals surface area contributed by atoms with E-state index < -0.39 is 0 Å². The van der Waals surface area contributed by atoms with Crippen molar-refractivity contribution in [3.63, 3.8) is 0 Å². The third-order valence-electron chi connectivity index (χ3n) is 4.50. The zero-order valence-electron chi connectivity index (χ0n) is 17.0. The van der Waals surface area contributed by atoms with Crippen molar-refractivity contribution in [3.8, 4) is 0 Å². The van der Waals surface area contributed by atoms with Crippen molar-refractivity contribution >= 4 is 52.2 Å². The summed E-state index contributed by atoms with van der Waals surface area (Å²) >= 11 is 1.72. The van der Waals surface area contributed by atoms with Crippen molar-refractivity contribution in [2.24, 2.45) is 4.99 Å². The fraction of sp³-hybridized carbons (Fsp3) is 0.429. The molecule has 5 nitrogen and oxygen atoms in total. The molecule has 0 bridgehead atoms. The second kappa shape index (κ2) is 10.8. The Hall–Kier alpha value is -1.61. The first-order valence-corrected chi connectivity index (χ1v) is 10.5. The Bertz CT molecular complexity index is 913. The molecule has 3 rings (SSSR count). The van der Waals surface area contributed by atoms with Gasteiger partial charge in [0.1, 0.15) is 0 Å². The van der Waals surface area contributed by atoms with Crippen molar-refractivity contribution in [1.82, 2.24) is 20.6 Å². The molecule has 0 saturated carbocycles. The van der Waals surface area contributed by atoms with Crippen molar-refractivity contribution in [1.29, 1.82) is 0 Å². The fourth-order valence-corrected chi connectivity index (χ4v) is 3.87. The Labute approximate surface area is 188 Å². The normalized spacial score (nSPS) is 11.7. The Kier molecular flexibility index (Phi) is 8.75. The summed E-state index contributed by atoms with van der Waals surface area (Å²) in [5, 5.41) is 11.3. The van der Waals surface area contributed by atoms with Crippen LogP contribution in [0.3, 0.4) is 0 Å². The monoisotopic (exact) mass is 511 g/mol. The predicted octanol–water partition coefficient (Wildman–Crippen LogP) is 4.97. The molecule has 0 saturated heterocycles. The molecule has 0 unspecified atom stereocenters. The number of aliphatic imine (C=N–C) groups is 1. The molecule has 0 aliphatic heterocycles. The van der Waals surface area contributed by atoms with Crippen LogP contribution in [0.2, 0.25) is 0 Å². The molecule has 28 heavy (non-hydrogen) atoms. The topological polar surface area (TPSA) is 65.1 Å². The molecule has 2 heterocycles. The van der Waals surface area contributed by atoms with Crippen LogP contribution in [0.15, 0.2) is 34.8 Å². The van der Waals surface area contributed by atoms with Crippen LogP contribution in [0.1, 0.15) is 48.5 Å². The van der Waals surface area contributed by atoms with Gasteiger partial charge in [-0.15, -0.1) is 35.3 Å². The van der Waals surface area contributed by atoms with E-state index in [0.29, 0.717) is 12.5 Å². The minimum absolute atomic E-state index is 0. The Morgan fingerprint density at radius 2 is 2.11 bits per heavy atom. The van der Waals surface area contributed by atoms with E-state index in [1.165, 1.54) is 27.0 Å². The standard InChI is InChI=1S/C21H29N5S.HI/c1-5-22-21(25-12-17-13-27-20(26-17)14(2)3)23-10-9-16-11-24-19-15(4)7-6-8-18(16)19;/h6-8,11,13-14,24H,5,9-10,12H2,1-4H3,(H2,22,23,25);1H. The maximum absolute atomic E-state index is 4.68. The Morgan fingerprint density at radius 1 is 1.29 bits per heavy atom. The van der Waals surface area contributed by atoms with Gasteiger partial charge in [0.25, 0.3) is 0 Å². The third kappa shape index (κ3) is 5.70. The van der Waals surface area contributed by atoms with Gasteiger partial charge < -0.3 is 15.6 Å². The number of aromatic nitrogens is 2. The van der Waals surface area contributed by atoms with Crippen molar-refractivity contribution in [2.75, 3.05) is 13.1 Å². The average Bonchev–Trinajstić information content (AvgIpc) is 3.28. The van der Waals surface area contributed by atoms with Gasteiger partial charge in [0.15, 0.2) is 5.96 Å². The highest BCUT2D eigenvalue weighted by atomic mass is 127. The molecule has 0 amide bonds. The van der Waals surface area contributed by atoms with Crippen LogP contribution in [-0.2, 0) is 13.0 Å². The summed E-state index contributed by atoms with van der Waals surface area (Å²) in [4.78, 5) is 12.7. The fourth-order valence-electron chi connectivity index (χ4n) is 3.05. The summed E-state index contributed by atoms with van der Waals surface area (Å²) in [5.41, 5.74) is 4.88. The van der Waals surface area contributed by atoms with Crippen LogP contribution in [0.25, 0.3) is 10.9 Å². The van der Waals surface area contributed by atoms with E-state index in [1.807, 2.05) is 0 Å². The van der Waals surface area contributed by atoms with Gasteiger partial charge in [-0.2, -0.15) is 0 Å². The number of rotatable bonds is 7. The van der Waals surface area contributed by atoms with Crippen LogP contribution in [-0.4, -0.2) is 29.0 Å². The number of nitrogens with one attached hydrogen (secondary N) is 3. The summed E-state index contributed by atoms with van der Waals surface area (Å²) in [6, 6.07) is 6.44. The maximum Gasteiger partial charge on any atom is 0.191 e. The number of hydrogen-bond acceptors (Lipinski definition) is 3. The first-order valence-electron chi connectivity index (χ1n) is 9.60. The lowest BCUT2D eigenvalue weighted by Crippen LogP contribution is -2.38. The van der Waals surface area contributed by atoms with Gasteiger partial charge in [0, 0.05) is 41.5 Å². The van der Waals surface area contributed by atoms with E-state index in [0.717, 1.165) is 31.2 Å². The van der Waals surface area contributed by atoms with Crippen molar-refractivity contribution in [3.05, 3.63) is 51.6 Å². The quantitative estimate of drug-likeness (QED) is 0.238. The number of aromatic amines is 1. The zero-order chi connectivity index (χ0) is 19.2. The second-order valence-electron chi connectivity index (χ2n) is 7.02. The first kappa shape index (κ1) is 22.7. The van der Waals surface area contributed by atoms with Gasteiger partial charge in [-0.25, -0.2) is 9.98 Å². The minimum Gasteiger partial charge on any atom is -0.361 e. The summed E-state index contributed by atoms with van der Waals surface area (Å²) in [6.45, 7) is 10.8. The number of thiazole rings is 1. The SMILES string of the molecule is CCNC(=NCc1csc(C(C)C)n1)NCCc1c[nH]c2c(C)cccc12.I. The number of aryl methyl sites for hydroxylation is 1. The average molecular weight is 511 g/mol. The van der Waals surface area contributed by atoms with Crippen LogP contribution in [0.4, 0.5) is 0 Å². The molecule has 0 atom stereocenters. The number of hydrogen-bond donors (Lipinski definition) is 3. The highest BCUT2D eigenvalue weighted by molar-refractivity contribution is 14.0. The third-order valence-corrected chi connectivity index (χ3v) is 5.70. The molecule has 2 aromatic heterocycles. The summed E-state index contributed by atoms with van der Waals surface area (Å²) in [6.07, 6.45) is 3.06. The van der Waals surface area contributed by atoms with Crippen LogP contribution >= 0.6 is 35.3 Å². The molecule has 0 spiro atoms. The van der Waals surface area contributed by atoms with Crippen molar-refractivity contribution in [2.45, 2.75) is 46.6 Å². The van der Waals surface area contributed by atoms with Crippen molar-refractivity contribution < 1.29 is 0 Å². The number of fused-ring (bicyclic) bond motifs is 1. The number of guanidine groups is 1. The molecule has 0 radical (unpaired) electrons. The Morgan fingerprint density at radius 3 is 2.82 bits per heavy atom. The maximum atomic E-state index is 4.68. The molecular weight excluding hydrogens is 481 g/mol. The number of benzene rings is 1. The van der Waals surface area contributed by atoms with E-state index in [2.05, 4.69) is 83.1 Å². The van der Waals surface area contributed by atoms with E-state index in [1.54, 1.807) is 11.3 Å². The first-order chi connectivity index (χ1) is 13.1. The molecular formula is C21H30IN5S. The highest BCUT2D eigenvalue weighted by Crippen LogP contribution is 2.21. The largest absolute Gasteiger partial charge is 0.361 e. The van der Waals surface area contributed by atoms with Gasteiger partial charge in [-0.3, -0.25) is 0 Å². The highest BCUT2D eigenvalue weighted by Gasteiger charge is 2.07. The Balaban J connectivity index is 0.00000280. The van der Waals surface area contributed by atoms with Crippen LogP contribution in [0, 0.1) is 6.92 Å². The van der Waals surface area contributed by atoms with Gasteiger partial charge >= 0.3 is 0 Å². The van der Waals surface area contributed by atoms with Gasteiger partial charge in [-0.1, -0.05) is 32.0 Å². The van der Waals surface area contributed by atoms with Gasteiger partial charge in [-0.05, 0) is 31.4 Å². The lowest BCUT2D eigenvalue weighted by atomic mass is 10.1. The summed E-state index contributed by atoms with van der Waals surface area (Å²) in [5.74, 6) is 1.31. The molecule has 3 N–H and O–H groups in total. The van der Waals surface area contributed by atoms with Gasteiger partial charge in [0.2, 0.25) is 0 Å². The molecule has 3 aromatic rings. The summed E-state index contributed by atoms with van der Waals surface area (Å²) < 4.78 is 0. The number of halogens is 1. The molecule has 7 heteroatoms. The van der Waals surface area contributed by atoms with Gasteiger partial charge in [0.05, 0.1) is 17.2 Å². The molecule has 1 aromatic carbocycles. The second-order valence-corrected chi connectivity index (χ2v) is 7.90. The van der Waals surface area contributed by atoms with Crippen LogP contribution in [0.5, 0.6) is 0 Å². The minimum atomic E-state index is 0. The molecule has 0 aliphatic carbocycles. The van der Waals surface area contributed by atoms with E-state index in [-0.39, 0.29) is 24.0 Å². The smallest absolute Gasteiger partial charge is 0.191 e. The lowest BCUT2D eigenvalue weighted by Gasteiger charge is -2.10. The molecule has 0 aliphatic rings. The molecule has 152 valence electrons. The summed E-state index contributed by atoms with van der Waals surface area (Å²) in [7, 11) is 0. The lowest BCUT2D eigenvalue weighted by molar-refractivity contribution is 0.795. The van der Waals surface area contributed by atoms with Crippen LogP contribution < -0.4 is 10.6 Å². The van der Waals surface area contributed by atoms with E-state index >= 15 is 0 Å². The zero-order valence-corrected chi connectivity index (χ0v) is 20.2. The van der Waals surface area contributed by atoms with E-state index in [4.69, 9.17) is 0 Å². The molecule has 0 fully saturated rings. The number of para-hydroxylation sites is 1.